The smallest absolute Gasteiger partial charge is 0.301 e. The van der Waals surface area contributed by atoms with E-state index in [4.69, 9.17) is 9.47 Å². The number of para-hydroxylation sites is 1. The van der Waals surface area contributed by atoms with Crippen molar-refractivity contribution < 1.29 is 24.2 Å². The van der Waals surface area contributed by atoms with Crippen LogP contribution in [0.1, 0.15) is 17.2 Å². The minimum atomic E-state index is -0.915. The van der Waals surface area contributed by atoms with E-state index < -0.39 is 17.7 Å². The van der Waals surface area contributed by atoms with Crippen LogP contribution in [-0.4, -0.2) is 28.9 Å². The molecule has 1 atom stereocenters. The fraction of sp³-hybridized carbons (Fsp3) is 0.0690. The first kappa shape index (κ1) is 22.9. The first-order chi connectivity index (χ1) is 17.6. The average molecular weight is 479 g/mol. The third kappa shape index (κ3) is 4.30. The molecule has 1 aromatic heterocycles. The van der Waals surface area contributed by atoms with E-state index in [1.807, 2.05) is 30.3 Å². The van der Waals surface area contributed by atoms with Gasteiger partial charge in [0.1, 0.15) is 28.8 Å². The van der Waals surface area contributed by atoms with Crippen LogP contribution < -0.4 is 14.4 Å². The number of aromatic nitrogens is 1. The summed E-state index contributed by atoms with van der Waals surface area (Å²) in [5, 5.41) is 11.3. The molecule has 1 fully saturated rings. The van der Waals surface area contributed by atoms with Gasteiger partial charge in [-0.3, -0.25) is 14.5 Å². The van der Waals surface area contributed by atoms with E-state index in [2.05, 4.69) is 4.98 Å². The maximum absolute atomic E-state index is 13.3. The molecule has 0 bridgehead atoms. The van der Waals surface area contributed by atoms with E-state index in [-0.39, 0.29) is 11.3 Å². The molecule has 7 heteroatoms. The number of pyridine rings is 1. The zero-order valence-corrected chi connectivity index (χ0v) is 19.4. The number of amides is 1. The van der Waals surface area contributed by atoms with Crippen LogP contribution in [0.3, 0.4) is 0 Å². The molecule has 4 aromatic rings. The third-order valence-electron chi connectivity index (χ3n) is 5.86. The van der Waals surface area contributed by atoms with Crippen molar-refractivity contribution in [2.75, 3.05) is 12.0 Å². The first-order valence-electron chi connectivity index (χ1n) is 11.3. The van der Waals surface area contributed by atoms with Crippen LogP contribution in [0, 0.1) is 0 Å². The minimum absolute atomic E-state index is 0.0346. The molecule has 0 radical (unpaired) electrons. The molecule has 1 unspecified atom stereocenters. The number of ether oxygens (including phenoxy) is 2. The molecular weight excluding hydrogens is 456 g/mol. The van der Waals surface area contributed by atoms with Gasteiger partial charge in [-0.1, -0.05) is 36.4 Å². The summed E-state index contributed by atoms with van der Waals surface area (Å²) in [4.78, 5) is 32.2. The van der Waals surface area contributed by atoms with Gasteiger partial charge in [-0.25, -0.2) is 4.98 Å². The van der Waals surface area contributed by atoms with Gasteiger partial charge in [0.2, 0.25) is 0 Å². The van der Waals surface area contributed by atoms with Gasteiger partial charge in [0.25, 0.3) is 5.78 Å². The predicted molar refractivity (Wildman–Crippen MR) is 135 cm³/mol. The fourth-order valence-corrected chi connectivity index (χ4v) is 4.16. The summed E-state index contributed by atoms with van der Waals surface area (Å²) < 4.78 is 11.2. The van der Waals surface area contributed by atoms with E-state index in [1.165, 1.54) is 12.0 Å². The number of hydrogen-bond donors (Lipinski definition) is 1. The number of carbonyl (C=O) groups is 2. The molecule has 0 saturated carbocycles. The number of rotatable bonds is 6. The third-order valence-corrected chi connectivity index (χ3v) is 5.86. The molecule has 1 aliphatic heterocycles. The monoisotopic (exact) mass is 478 g/mol. The van der Waals surface area contributed by atoms with E-state index in [1.54, 1.807) is 72.9 Å². The van der Waals surface area contributed by atoms with Crippen molar-refractivity contribution in [1.29, 1.82) is 0 Å². The second kappa shape index (κ2) is 9.76. The maximum atomic E-state index is 13.3. The molecule has 36 heavy (non-hydrogen) atoms. The number of nitrogens with zero attached hydrogens (tertiary/aromatic N) is 2. The highest BCUT2D eigenvalue weighted by molar-refractivity contribution is 6.51. The van der Waals surface area contributed by atoms with Gasteiger partial charge in [0, 0.05) is 11.8 Å². The molecule has 5 rings (SSSR count). The Hall–Kier alpha value is -4.91. The van der Waals surface area contributed by atoms with Gasteiger partial charge >= 0.3 is 5.91 Å². The molecular formula is C29H22N2O5. The predicted octanol–water partition coefficient (Wildman–Crippen LogP) is 5.51. The zero-order chi connectivity index (χ0) is 25.1. The van der Waals surface area contributed by atoms with E-state index in [9.17, 15) is 14.7 Å². The standard InChI is InChI=1S/C29H22N2O5/c1-35-21-15-13-19(14-16-21)27(32)25-26(31(29(34)28(25)33)24-12-5-6-17-30-24)20-8-7-11-23(18-20)36-22-9-3-2-4-10-22/h2-18,26,32H,1H3/b27-25+. The number of aliphatic hydroxyl groups is 1. The number of hydrogen-bond acceptors (Lipinski definition) is 6. The first-order valence-corrected chi connectivity index (χ1v) is 11.3. The summed E-state index contributed by atoms with van der Waals surface area (Å²) in [5.41, 5.74) is 0.938. The lowest BCUT2D eigenvalue weighted by Crippen LogP contribution is -2.30. The Morgan fingerprint density at radius 1 is 0.833 bits per heavy atom. The Bertz CT molecular complexity index is 1430. The number of aliphatic hydroxyl groups excluding tert-OH is 1. The van der Waals surface area contributed by atoms with Gasteiger partial charge in [0.15, 0.2) is 0 Å². The highest BCUT2D eigenvalue weighted by Gasteiger charge is 2.47. The molecule has 1 saturated heterocycles. The lowest BCUT2D eigenvalue weighted by Gasteiger charge is -2.24. The Labute approximate surface area is 207 Å². The van der Waals surface area contributed by atoms with E-state index in [0.717, 1.165) is 0 Å². The van der Waals surface area contributed by atoms with Gasteiger partial charge in [0.05, 0.1) is 18.7 Å². The summed E-state index contributed by atoms with van der Waals surface area (Å²) >= 11 is 0. The molecule has 0 aliphatic carbocycles. The largest absolute Gasteiger partial charge is 0.507 e. The number of benzene rings is 3. The van der Waals surface area contributed by atoms with Crippen LogP contribution in [0.25, 0.3) is 5.76 Å². The summed E-state index contributed by atoms with van der Waals surface area (Å²) in [6, 6.07) is 27.2. The van der Waals surface area contributed by atoms with E-state index in [0.29, 0.717) is 34.2 Å². The zero-order valence-electron chi connectivity index (χ0n) is 19.4. The SMILES string of the molecule is COc1ccc(/C(O)=C2\C(=O)C(=O)N(c3ccccn3)C2c2cccc(Oc3ccccc3)c2)cc1. The van der Waals surface area contributed by atoms with Crippen molar-refractivity contribution >= 4 is 23.3 Å². The van der Waals surface area contributed by atoms with Gasteiger partial charge in [-0.2, -0.15) is 0 Å². The van der Waals surface area contributed by atoms with Crippen LogP contribution >= 0.6 is 0 Å². The molecule has 7 nitrogen and oxygen atoms in total. The van der Waals surface area contributed by atoms with E-state index >= 15 is 0 Å². The highest BCUT2D eigenvalue weighted by atomic mass is 16.5. The van der Waals surface area contributed by atoms with Crippen molar-refractivity contribution in [1.82, 2.24) is 4.98 Å². The van der Waals surface area contributed by atoms with Crippen molar-refractivity contribution in [3.8, 4) is 17.2 Å². The summed E-state index contributed by atoms with van der Waals surface area (Å²) in [6.07, 6.45) is 1.55. The van der Waals surface area contributed by atoms with Crippen LogP contribution in [0.5, 0.6) is 17.2 Å². The summed E-state index contributed by atoms with van der Waals surface area (Å²) in [5.74, 6) is 0.210. The Balaban J connectivity index is 1.65. The maximum Gasteiger partial charge on any atom is 0.301 e. The van der Waals surface area contributed by atoms with Crippen LogP contribution in [-0.2, 0) is 9.59 Å². The average Bonchev–Trinajstić information content (AvgIpc) is 3.19. The molecule has 1 N–H and O–H groups in total. The van der Waals surface area contributed by atoms with Crippen molar-refractivity contribution in [3.05, 3.63) is 120 Å². The molecule has 1 amide bonds. The summed E-state index contributed by atoms with van der Waals surface area (Å²) in [7, 11) is 1.54. The van der Waals surface area contributed by atoms with Crippen LogP contribution in [0.4, 0.5) is 5.82 Å². The quantitative estimate of drug-likeness (QED) is 0.223. The number of Topliss-reactive ketones (excluding diaryl/α,β-unsaturated/α-hetero) is 1. The van der Waals surface area contributed by atoms with Crippen LogP contribution in [0.15, 0.2) is 109 Å². The van der Waals surface area contributed by atoms with Gasteiger partial charge < -0.3 is 14.6 Å². The number of ketones is 1. The lowest BCUT2D eigenvalue weighted by molar-refractivity contribution is -0.132. The Kier molecular flexibility index (Phi) is 6.19. The second-order valence-electron chi connectivity index (χ2n) is 8.07. The summed E-state index contributed by atoms with van der Waals surface area (Å²) in [6.45, 7) is 0. The molecule has 0 spiro atoms. The van der Waals surface area contributed by atoms with Crippen molar-refractivity contribution in [2.24, 2.45) is 0 Å². The molecule has 1 aliphatic rings. The van der Waals surface area contributed by atoms with Crippen molar-refractivity contribution in [2.45, 2.75) is 6.04 Å². The molecule has 2 heterocycles. The van der Waals surface area contributed by atoms with Crippen LogP contribution in [0.2, 0.25) is 0 Å². The fourth-order valence-electron chi connectivity index (χ4n) is 4.16. The molecule has 3 aromatic carbocycles. The topological polar surface area (TPSA) is 89.0 Å². The Morgan fingerprint density at radius 3 is 2.25 bits per heavy atom. The second-order valence-corrected chi connectivity index (χ2v) is 8.07. The minimum Gasteiger partial charge on any atom is -0.507 e. The number of methoxy groups -OCH3 is 1. The number of carbonyl (C=O) groups excluding carboxylic acids is 2. The highest BCUT2D eigenvalue weighted by Crippen LogP contribution is 2.42. The van der Waals surface area contributed by atoms with Crippen molar-refractivity contribution in [3.63, 3.8) is 0 Å². The normalized spacial score (nSPS) is 16.7. The van der Waals surface area contributed by atoms with Gasteiger partial charge in [-0.05, 0) is 66.2 Å². The Morgan fingerprint density at radius 2 is 1.56 bits per heavy atom. The number of anilines is 1. The van der Waals surface area contributed by atoms with Gasteiger partial charge in [-0.15, -0.1) is 0 Å². The molecule has 178 valence electrons. The lowest BCUT2D eigenvalue weighted by atomic mass is 9.95.